The predicted molar refractivity (Wildman–Crippen MR) is 48.5 cm³/mol. The molecule has 12 heavy (non-hydrogen) atoms. The van der Waals surface area contributed by atoms with Crippen LogP contribution in [-0.4, -0.2) is 34.8 Å². The first-order chi connectivity index (χ1) is 5.63. The summed E-state index contributed by atoms with van der Waals surface area (Å²) >= 11 is 1.65. The molecule has 1 saturated heterocycles. The Labute approximate surface area is 76.5 Å². The molecule has 1 heterocycles. The summed E-state index contributed by atoms with van der Waals surface area (Å²) in [5.74, 6) is 0.755. The second-order valence-corrected chi connectivity index (χ2v) is 4.07. The van der Waals surface area contributed by atoms with Gasteiger partial charge in [-0.15, -0.1) is 0 Å². The molecular weight excluding hydrogens is 176 g/mol. The third-order valence-corrected chi connectivity index (χ3v) is 3.61. The molecule has 1 N–H and O–H groups in total. The Kier molecular flexibility index (Phi) is 3.01. The van der Waals surface area contributed by atoms with E-state index in [1.54, 1.807) is 11.8 Å². The number of carboxylic acid groups (broad SMARTS) is 1. The maximum absolute atomic E-state index is 11.0. The Morgan fingerprint density at radius 2 is 2.50 bits per heavy atom. The Hall–Kier alpha value is -0.220. The summed E-state index contributed by atoms with van der Waals surface area (Å²) < 4.78 is 5.34. The lowest BCUT2D eigenvalue weighted by Gasteiger charge is -2.27. The molecular formula is C8H14O3S. The van der Waals surface area contributed by atoms with E-state index >= 15 is 0 Å². The molecule has 2 atom stereocenters. The Morgan fingerprint density at radius 1 is 1.83 bits per heavy atom. The maximum atomic E-state index is 11.0. The van der Waals surface area contributed by atoms with Crippen LogP contribution in [0.5, 0.6) is 0 Å². The van der Waals surface area contributed by atoms with Crippen LogP contribution in [0, 0.1) is 5.92 Å². The van der Waals surface area contributed by atoms with Crippen molar-refractivity contribution in [3.05, 3.63) is 0 Å². The monoisotopic (exact) mass is 190 g/mol. The van der Waals surface area contributed by atoms with Crippen molar-refractivity contribution in [1.29, 1.82) is 0 Å². The molecule has 1 fully saturated rings. The Morgan fingerprint density at radius 3 is 2.83 bits per heavy atom. The van der Waals surface area contributed by atoms with Crippen molar-refractivity contribution in [2.75, 3.05) is 18.1 Å². The highest BCUT2D eigenvalue weighted by Crippen LogP contribution is 2.36. The molecule has 1 aliphatic heterocycles. The minimum Gasteiger partial charge on any atom is -0.479 e. The average molecular weight is 190 g/mol. The van der Waals surface area contributed by atoms with Gasteiger partial charge in [-0.05, 0) is 12.7 Å². The van der Waals surface area contributed by atoms with E-state index in [1.807, 2.05) is 13.8 Å². The van der Waals surface area contributed by atoms with Gasteiger partial charge in [0.1, 0.15) is 0 Å². The number of carboxylic acids is 1. The quantitative estimate of drug-likeness (QED) is 0.727. The topological polar surface area (TPSA) is 46.5 Å². The average Bonchev–Trinajstić information content (AvgIpc) is 2.34. The van der Waals surface area contributed by atoms with Crippen LogP contribution >= 0.6 is 11.8 Å². The second-order valence-electron chi connectivity index (χ2n) is 3.04. The molecule has 0 aromatic carbocycles. The second kappa shape index (κ2) is 3.66. The van der Waals surface area contributed by atoms with Gasteiger partial charge < -0.3 is 9.84 Å². The lowest BCUT2D eigenvalue weighted by molar-refractivity contribution is -0.166. The molecule has 0 aromatic heterocycles. The number of carbonyl (C=O) groups is 1. The smallest absolute Gasteiger partial charge is 0.337 e. The number of ether oxygens (including phenoxy) is 1. The summed E-state index contributed by atoms with van der Waals surface area (Å²) in [6.07, 6.45) is 0. The van der Waals surface area contributed by atoms with Crippen molar-refractivity contribution in [2.45, 2.75) is 19.4 Å². The molecule has 4 heteroatoms. The van der Waals surface area contributed by atoms with E-state index in [-0.39, 0.29) is 5.92 Å². The highest BCUT2D eigenvalue weighted by Gasteiger charge is 2.48. The van der Waals surface area contributed by atoms with E-state index in [1.165, 1.54) is 0 Å². The molecule has 0 saturated carbocycles. The van der Waals surface area contributed by atoms with Gasteiger partial charge in [0.05, 0.1) is 0 Å². The van der Waals surface area contributed by atoms with Crippen LogP contribution in [0.25, 0.3) is 0 Å². The Balaban J connectivity index is 2.77. The summed E-state index contributed by atoms with van der Waals surface area (Å²) in [5.41, 5.74) is -0.917. The largest absolute Gasteiger partial charge is 0.479 e. The minimum atomic E-state index is -0.917. The van der Waals surface area contributed by atoms with Gasteiger partial charge in [0.2, 0.25) is 0 Å². The van der Waals surface area contributed by atoms with Crippen molar-refractivity contribution >= 4 is 17.7 Å². The van der Waals surface area contributed by atoms with E-state index < -0.39 is 11.6 Å². The SMILES string of the molecule is CCOC1(C(=O)O)CSCC1C. The molecule has 2 unspecified atom stereocenters. The summed E-state index contributed by atoms with van der Waals surface area (Å²) in [5, 5.41) is 9.03. The van der Waals surface area contributed by atoms with Gasteiger partial charge in [0, 0.05) is 18.3 Å². The first-order valence-corrected chi connectivity index (χ1v) is 5.24. The summed E-state index contributed by atoms with van der Waals surface area (Å²) in [4.78, 5) is 11.0. The molecule has 1 aliphatic rings. The fourth-order valence-corrected chi connectivity index (χ4v) is 2.98. The van der Waals surface area contributed by atoms with Gasteiger partial charge in [-0.2, -0.15) is 11.8 Å². The molecule has 0 aromatic rings. The fourth-order valence-electron chi connectivity index (χ4n) is 1.44. The zero-order chi connectivity index (χ0) is 9.19. The third kappa shape index (κ3) is 1.45. The van der Waals surface area contributed by atoms with Crippen LogP contribution in [0.3, 0.4) is 0 Å². The summed E-state index contributed by atoms with van der Waals surface area (Å²) in [7, 11) is 0. The van der Waals surface area contributed by atoms with Crippen molar-refractivity contribution in [1.82, 2.24) is 0 Å². The summed E-state index contributed by atoms with van der Waals surface area (Å²) in [6, 6.07) is 0. The van der Waals surface area contributed by atoms with Crippen LogP contribution in [0.1, 0.15) is 13.8 Å². The fraction of sp³-hybridized carbons (Fsp3) is 0.875. The summed E-state index contributed by atoms with van der Waals surface area (Å²) in [6.45, 7) is 4.24. The first-order valence-electron chi connectivity index (χ1n) is 4.08. The van der Waals surface area contributed by atoms with E-state index in [0.717, 1.165) is 5.75 Å². The zero-order valence-electron chi connectivity index (χ0n) is 7.37. The highest BCUT2D eigenvalue weighted by atomic mass is 32.2. The van der Waals surface area contributed by atoms with Gasteiger partial charge in [-0.1, -0.05) is 6.92 Å². The van der Waals surface area contributed by atoms with Crippen LogP contribution < -0.4 is 0 Å². The van der Waals surface area contributed by atoms with Crippen LogP contribution in [0.4, 0.5) is 0 Å². The van der Waals surface area contributed by atoms with E-state index in [4.69, 9.17) is 9.84 Å². The molecule has 0 aliphatic carbocycles. The molecule has 0 amide bonds. The van der Waals surface area contributed by atoms with E-state index in [0.29, 0.717) is 12.4 Å². The van der Waals surface area contributed by atoms with Crippen molar-refractivity contribution in [3.63, 3.8) is 0 Å². The van der Waals surface area contributed by atoms with Gasteiger partial charge in [-0.3, -0.25) is 0 Å². The van der Waals surface area contributed by atoms with Gasteiger partial charge in [0.25, 0.3) is 0 Å². The molecule has 0 spiro atoms. The normalized spacial score (nSPS) is 35.3. The predicted octanol–water partition coefficient (Wildman–Crippen LogP) is 1.23. The maximum Gasteiger partial charge on any atom is 0.337 e. The van der Waals surface area contributed by atoms with E-state index in [2.05, 4.69) is 0 Å². The van der Waals surface area contributed by atoms with Crippen molar-refractivity contribution in [3.8, 4) is 0 Å². The highest BCUT2D eigenvalue weighted by molar-refractivity contribution is 7.99. The standard InChI is InChI=1S/C8H14O3S/c1-3-11-8(7(9)10)5-12-4-6(8)2/h6H,3-5H2,1-2H3,(H,9,10). The molecule has 70 valence electrons. The molecule has 0 bridgehead atoms. The molecule has 0 radical (unpaired) electrons. The number of thioether (sulfide) groups is 1. The minimum absolute atomic E-state index is 0.111. The van der Waals surface area contributed by atoms with Crippen molar-refractivity contribution in [2.24, 2.45) is 5.92 Å². The van der Waals surface area contributed by atoms with Gasteiger partial charge >= 0.3 is 5.97 Å². The first kappa shape index (κ1) is 9.86. The lowest BCUT2D eigenvalue weighted by Crippen LogP contribution is -2.47. The van der Waals surface area contributed by atoms with Crippen LogP contribution in [0.15, 0.2) is 0 Å². The van der Waals surface area contributed by atoms with E-state index in [9.17, 15) is 4.79 Å². The van der Waals surface area contributed by atoms with Gasteiger partial charge in [-0.25, -0.2) is 4.79 Å². The Bertz CT molecular complexity index is 183. The van der Waals surface area contributed by atoms with Crippen LogP contribution in [-0.2, 0) is 9.53 Å². The molecule has 1 rings (SSSR count). The zero-order valence-corrected chi connectivity index (χ0v) is 8.19. The molecule has 3 nitrogen and oxygen atoms in total. The van der Waals surface area contributed by atoms with Gasteiger partial charge in [0.15, 0.2) is 5.60 Å². The van der Waals surface area contributed by atoms with Crippen LogP contribution in [0.2, 0.25) is 0 Å². The number of hydrogen-bond acceptors (Lipinski definition) is 3. The third-order valence-electron chi connectivity index (χ3n) is 2.24. The number of rotatable bonds is 3. The number of aliphatic carboxylic acids is 1. The number of hydrogen-bond donors (Lipinski definition) is 1. The lowest BCUT2D eigenvalue weighted by atomic mass is 9.92. The van der Waals surface area contributed by atoms with Crippen molar-refractivity contribution < 1.29 is 14.6 Å².